The Kier molecular flexibility index (Phi) is 3.17. The minimum absolute atomic E-state index is 0.122. The summed E-state index contributed by atoms with van der Waals surface area (Å²) in [5.74, 6) is -0.122. The molecule has 3 heteroatoms. The number of hydrogen-bond acceptors (Lipinski definition) is 2. The van der Waals surface area contributed by atoms with Crippen molar-refractivity contribution in [2.75, 3.05) is 5.32 Å². The Balaban J connectivity index is 2.01. The van der Waals surface area contributed by atoms with Crippen LogP contribution in [0.5, 0.6) is 0 Å². The predicted molar refractivity (Wildman–Crippen MR) is 80.9 cm³/mol. The van der Waals surface area contributed by atoms with Crippen molar-refractivity contribution in [1.82, 2.24) is 4.98 Å². The summed E-state index contributed by atoms with van der Waals surface area (Å²) in [4.78, 5) is 16.6. The molecule has 3 rings (SSSR count). The largest absolute Gasteiger partial charge is 0.320 e. The Morgan fingerprint density at radius 2 is 1.85 bits per heavy atom. The van der Waals surface area contributed by atoms with Crippen molar-refractivity contribution < 1.29 is 4.79 Å². The summed E-state index contributed by atoms with van der Waals surface area (Å²) in [5, 5.41) is 3.96. The first kappa shape index (κ1) is 12.4. The molecule has 3 nitrogen and oxygen atoms in total. The van der Waals surface area contributed by atoms with Gasteiger partial charge in [-0.05, 0) is 42.8 Å². The van der Waals surface area contributed by atoms with Crippen molar-refractivity contribution in [3.05, 3.63) is 71.9 Å². The standard InChI is InChI=1S/C17H14N2O/c1-12-10-14-8-5-9-18-16(14)15(11-12)19-17(20)13-6-3-2-4-7-13/h2-11H,1H3,(H,19,20). The number of benzene rings is 2. The Labute approximate surface area is 117 Å². The van der Waals surface area contributed by atoms with Gasteiger partial charge < -0.3 is 5.32 Å². The van der Waals surface area contributed by atoms with Gasteiger partial charge in [-0.25, -0.2) is 0 Å². The molecule has 3 aromatic rings. The fourth-order valence-corrected chi connectivity index (χ4v) is 2.22. The van der Waals surface area contributed by atoms with Crippen LogP contribution in [0.1, 0.15) is 15.9 Å². The number of aryl methyl sites for hydroxylation is 1. The zero-order valence-corrected chi connectivity index (χ0v) is 11.1. The summed E-state index contributed by atoms with van der Waals surface area (Å²) >= 11 is 0. The highest BCUT2D eigenvalue weighted by molar-refractivity contribution is 6.08. The molecule has 2 aromatic carbocycles. The van der Waals surface area contributed by atoms with Crippen LogP contribution in [0.25, 0.3) is 10.9 Å². The lowest BCUT2D eigenvalue weighted by Crippen LogP contribution is -2.12. The van der Waals surface area contributed by atoms with Crippen molar-refractivity contribution in [2.45, 2.75) is 6.92 Å². The lowest BCUT2D eigenvalue weighted by Gasteiger charge is -2.09. The van der Waals surface area contributed by atoms with E-state index < -0.39 is 0 Å². The highest BCUT2D eigenvalue weighted by Crippen LogP contribution is 2.23. The first-order valence-electron chi connectivity index (χ1n) is 6.46. The lowest BCUT2D eigenvalue weighted by molar-refractivity contribution is 0.102. The number of nitrogens with zero attached hydrogens (tertiary/aromatic N) is 1. The van der Waals surface area contributed by atoms with Crippen LogP contribution in [0.3, 0.4) is 0 Å². The molecule has 0 fully saturated rings. The van der Waals surface area contributed by atoms with Crippen LogP contribution in [-0.4, -0.2) is 10.9 Å². The topological polar surface area (TPSA) is 42.0 Å². The lowest BCUT2D eigenvalue weighted by atomic mass is 10.1. The second-order valence-corrected chi connectivity index (χ2v) is 4.71. The Hall–Kier alpha value is -2.68. The molecule has 0 spiro atoms. The first-order valence-corrected chi connectivity index (χ1v) is 6.46. The van der Waals surface area contributed by atoms with Crippen LogP contribution < -0.4 is 5.32 Å². The maximum atomic E-state index is 12.2. The molecule has 1 aromatic heterocycles. The zero-order chi connectivity index (χ0) is 13.9. The zero-order valence-electron chi connectivity index (χ0n) is 11.1. The molecule has 0 aliphatic heterocycles. The Bertz CT molecular complexity index is 766. The highest BCUT2D eigenvalue weighted by atomic mass is 16.1. The average molecular weight is 262 g/mol. The van der Waals surface area contributed by atoms with Gasteiger partial charge in [0.05, 0.1) is 11.2 Å². The van der Waals surface area contributed by atoms with E-state index >= 15 is 0 Å². The first-order chi connectivity index (χ1) is 9.74. The molecule has 0 aliphatic carbocycles. The van der Waals surface area contributed by atoms with Crippen LogP contribution >= 0.6 is 0 Å². The number of carbonyl (C=O) groups excluding carboxylic acids is 1. The molecule has 1 heterocycles. The van der Waals surface area contributed by atoms with Crippen molar-refractivity contribution in [2.24, 2.45) is 0 Å². The Morgan fingerprint density at radius 3 is 2.65 bits per heavy atom. The van der Waals surface area contributed by atoms with E-state index in [1.165, 1.54) is 0 Å². The number of amides is 1. The van der Waals surface area contributed by atoms with Gasteiger partial charge in [-0.15, -0.1) is 0 Å². The SMILES string of the molecule is Cc1cc(NC(=O)c2ccccc2)c2ncccc2c1. The third kappa shape index (κ3) is 2.38. The summed E-state index contributed by atoms with van der Waals surface area (Å²) in [5.41, 5.74) is 3.28. The molecule has 0 unspecified atom stereocenters. The summed E-state index contributed by atoms with van der Waals surface area (Å²) in [6.07, 6.45) is 1.73. The average Bonchev–Trinajstić information content (AvgIpc) is 2.48. The van der Waals surface area contributed by atoms with E-state index in [1.807, 2.05) is 43.3 Å². The number of rotatable bonds is 2. The van der Waals surface area contributed by atoms with Crippen molar-refractivity contribution in [3.8, 4) is 0 Å². The number of pyridine rings is 1. The summed E-state index contributed by atoms with van der Waals surface area (Å²) in [6, 6.07) is 17.1. The van der Waals surface area contributed by atoms with E-state index in [0.717, 1.165) is 22.2 Å². The highest BCUT2D eigenvalue weighted by Gasteiger charge is 2.09. The maximum absolute atomic E-state index is 12.2. The molecule has 98 valence electrons. The van der Waals surface area contributed by atoms with Crippen LogP contribution in [-0.2, 0) is 0 Å². The quantitative estimate of drug-likeness (QED) is 0.763. The minimum Gasteiger partial charge on any atom is -0.320 e. The third-order valence-electron chi connectivity index (χ3n) is 3.13. The van der Waals surface area contributed by atoms with Gasteiger partial charge in [-0.2, -0.15) is 0 Å². The van der Waals surface area contributed by atoms with Gasteiger partial charge in [0, 0.05) is 17.1 Å². The number of fused-ring (bicyclic) bond motifs is 1. The minimum atomic E-state index is -0.122. The monoisotopic (exact) mass is 262 g/mol. The Morgan fingerprint density at radius 1 is 1.05 bits per heavy atom. The molecule has 0 atom stereocenters. The van der Waals surface area contributed by atoms with E-state index in [9.17, 15) is 4.79 Å². The van der Waals surface area contributed by atoms with Gasteiger partial charge in [0.1, 0.15) is 0 Å². The molecular weight excluding hydrogens is 248 g/mol. The van der Waals surface area contributed by atoms with E-state index in [-0.39, 0.29) is 5.91 Å². The van der Waals surface area contributed by atoms with E-state index in [2.05, 4.69) is 16.4 Å². The normalized spacial score (nSPS) is 10.4. The molecule has 1 N–H and O–H groups in total. The smallest absolute Gasteiger partial charge is 0.255 e. The number of nitrogens with one attached hydrogen (secondary N) is 1. The number of carbonyl (C=O) groups is 1. The fourth-order valence-electron chi connectivity index (χ4n) is 2.22. The summed E-state index contributed by atoms with van der Waals surface area (Å²) in [7, 11) is 0. The molecule has 0 bridgehead atoms. The van der Waals surface area contributed by atoms with Crippen LogP contribution in [0.15, 0.2) is 60.8 Å². The third-order valence-corrected chi connectivity index (χ3v) is 3.13. The summed E-state index contributed by atoms with van der Waals surface area (Å²) in [6.45, 7) is 2.00. The van der Waals surface area contributed by atoms with Gasteiger partial charge in [0.2, 0.25) is 0 Å². The number of anilines is 1. The van der Waals surface area contributed by atoms with Crippen LogP contribution in [0.2, 0.25) is 0 Å². The molecule has 0 saturated heterocycles. The van der Waals surface area contributed by atoms with Crippen LogP contribution in [0, 0.1) is 6.92 Å². The van der Waals surface area contributed by atoms with Gasteiger partial charge in [-0.3, -0.25) is 9.78 Å². The molecule has 0 saturated carbocycles. The van der Waals surface area contributed by atoms with Crippen molar-refractivity contribution in [3.63, 3.8) is 0 Å². The maximum Gasteiger partial charge on any atom is 0.255 e. The van der Waals surface area contributed by atoms with Gasteiger partial charge >= 0.3 is 0 Å². The number of hydrogen-bond donors (Lipinski definition) is 1. The predicted octanol–water partition coefficient (Wildman–Crippen LogP) is 3.80. The molecule has 1 amide bonds. The van der Waals surface area contributed by atoms with Crippen molar-refractivity contribution in [1.29, 1.82) is 0 Å². The van der Waals surface area contributed by atoms with E-state index in [0.29, 0.717) is 5.56 Å². The second-order valence-electron chi connectivity index (χ2n) is 4.71. The number of aromatic nitrogens is 1. The summed E-state index contributed by atoms with van der Waals surface area (Å²) < 4.78 is 0. The van der Waals surface area contributed by atoms with E-state index in [1.54, 1.807) is 18.3 Å². The van der Waals surface area contributed by atoms with Crippen molar-refractivity contribution >= 4 is 22.5 Å². The molecule has 0 radical (unpaired) electrons. The van der Waals surface area contributed by atoms with Gasteiger partial charge in [0.15, 0.2) is 0 Å². The van der Waals surface area contributed by atoms with Gasteiger partial charge in [0.25, 0.3) is 5.91 Å². The van der Waals surface area contributed by atoms with E-state index in [4.69, 9.17) is 0 Å². The molecular formula is C17H14N2O. The van der Waals surface area contributed by atoms with Gasteiger partial charge in [-0.1, -0.05) is 24.3 Å². The van der Waals surface area contributed by atoms with Crippen LogP contribution in [0.4, 0.5) is 5.69 Å². The fraction of sp³-hybridized carbons (Fsp3) is 0.0588. The second kappa shape index (κ2) is 5.13. The molecule has 0 aliphatic rings. The molecule has 20 heavy (non-hydrogen) atoms.